The molecular formula is C21H25IN4O4. The number of nitrogens with zero attached hydrogens (tertiary/aromatic N) is 2. The van der Waals surface area contributed by atoms with E-state index in [0.717, 1.165) is 34.6 Å². The molecule has 0 spiro atoms. The zero-order valence-corrected chi connectivity index (χ0v) is 19.1. The second-order valence-electron chi connectivity index (χ2n) is 6.76. The van der Waals surface area contributed by atoms with Gasteiger partial charge in [0, 0.05) is 25.2 Å². The summed E-state index contributed by atoms with van der Waals surface area (Å²) in [6.07, 6.45) is 0.794. The molecule has 30 heavy (non-hydrogen) atoms. The van der Waals surface area contributed by atoms with Crippen molar-refractivity contribution < 1.29 is 14.4 Å². The van der Waals surface area contributed by atoms with Crippen molar-refractivity contribution in [1.82, 2.24) is 10.6 Å². The maximum absolute atomic E-state index is 10.8. The van der Waals surface area contributed by atoms with Gasteiger partial charge in [0.2, 0.25) is 6.79 Å². The molecular weight excluding hydrogens is 499 g/mol. The molecule has 0 atom stereocenters. The summed E-state index contributed by atoms with van der Waals surface area (Å²) in [6, 6.07) is 12.3. The number of benzene rings is 2. The second kappa shape index (κ2) is 11.4. The molecule has 160 valence electrons. The van der Waals surface area contributed by atoms with Gasteiger partial charge >= 0.3 is 0 Å². The van der Waals surface area contributed by atoms with Crippen LogP contribution in [0.15, 0.2) is 59.6 Å². The number of nitro benzene ring substituents is 1. The molecule has 0 saturated carbocycles. The molecule has 0 radical (unpaired) electrons. The normalized spacial score (nSPS) is 12.1. The average molecular weight is 524 g/mol. The van der Waals surface area contributed by atoms with E-state index in [-0.39, 0.29) is 36.5 Å². The predicted molar refractivity (Wildman–Crippen MR) is 127 cm³/mol. The van der Waals surface area contributed by atoms with E-state index in [4.69, 9.17) is 9.47 Å². The monoisotopic (exact) mass is 524 g/mol. The molecule has 3 rings (SSSR count). The summed E-state index contributed by atoms with van der Waals surface area (Å²) in [5.41, 5.74) is 3.09. The van der Waals surface area contributed by atoms with Gasteiger partial charge in [0.05, 0.1) is 11.5 Å². The van der Waals surface area contributed by atoms with Gasteiger partial charge in [-0.15, -0.1) is 24.0 Å². The van der Waals surface area contributed by atoms with Gasteiger partial charge in [-0.05, 0) is 36.6 Å². The number of guanidine groups is 1. The van der Waals surface area contributed by atoms with E-state index in [0.29, 0.717) is 25.6 Å². The van der Waals surface area contributed by atoms with E-state index in [1.807, 2.05) is 25.1 Å². The Morgan fingerprint density at radius 2 is 1.83 bits per heavy atom. The van der Waals surface area contributed by atoms with E-state index in [9.17, 15) is 10.1 Å². The van der Waals surface area contributed by atoms with E-state index in [1.54, 1.807) is 12.1 Å². The van der Waals surface area contributed by atoms with Crippen molar-refractivity contribution in [2.24, 2.45) is 4.99 Å². The average Bonchev–Trinajstić information content (AvgIpc) is 3.17. The van der Waals surface area contributed by atoms with Gasteiger partial charge < -0.3 is 20.1 Å². The number of non-ortho nitro benzene ring substituents is 1. The fourth-order valence-corrected chi connectivity index (χ4v) is 2.72. The van der Waals surface area contributed by atoms with Crippen molar-refractivity contribution in [1.29, 1.82) is 0 Å². The van der Waals surface area contributed by atoms with Crippen molar-refractivity contribution in [3.05, 3.63) is 75.9 Å². The molecule has 1 heterocycles. The van der Waals surface area contributed by atoms with Crippen LogP contribution in [0.5, 0.6) is 11.5 Å². The van der Waals surface area contributed by atoms with E-state index in [2.05, 4.69) is 22.2 Å². The smallest absolute Gasteiger partial charge is 0.269 e. The first-order valence-electron chi connectivity index (χ1n) is 9.29. The maximum atomic E-state index is 10.8. The molecule has 9 heteroatoms. The lowest BCUT2D eigenvalue weighted by Crippen LogP contribution is -2.39. The molecule has 0 unspecified atom stereocenters. The zero-order chi connectivity index (χ0) is 20.6. The largest absolute Gasteiger partial charge is 0.454 e. The van der Waals surface area contributed by atoms with Gasteiger partial charge in [-0.1, -0.05) is 30.4 Å². The predicted octanol–water partition coefficient (Wildman–Crippen LogP) is 3.80. The van der Waals surface area contributed by atoms with Crippen LogP contribution in [-0.2, 0) is 13.0 Å². The molecule has 2 N–H and O–H groups in total. The first-order chi connectivity index (χ1) is 14.0. The summed E-state index contributed by atoms with van der Waals surface area (Å²) in [4.78, 5) is 14.9. The van der Waals surface area contributed by atoms with Crippen molar-refractivity contribution in [3.8, 4) is 11.5 Å². The van der Waals surface area contributed by atoms with Crippen molar-refractivity contribution in [3.63, 3.8) is 0 Å². The van der Waals surface area contributed by atoms with E-state index < -0.39 is 4.92 Å². The van der Waals surface area contributed by atoms with E-state index >= 15 is 0 Å². The third-order valence-corrected chi connectivity index (χ3v) is 4.27. The number of halogens is 1. The lowest BCUT2D eigenvalue weighted by atomic mass is 10.1. The number of ether oxygens (including phenoxy) is 2. The minimum atomic E-state index is -0.412. The highest BCUT2D eigenvalue weighted by Gasteiger charge is 2.13. The van der Waals surface area contributed by atoms with Crippen molar-refractivity contribution in [2.45, 2.75) is 19.9 Å². The summed E-state index contributed by atoms with van der Waals surface area (Å²) in [7, 11) is 0. The molecule has 2 aromatic carbocycles. The van der Waals surface area contributed by atoms with Gasteiger partial charge in [0.25, 0.3) is 5.69 Å². The number of hydrogen-bond donors (Lipinski definition) is 2. The fourth-order valence-electron chi connectivity index (χ4n) is 2.72. The minimum absolute atomic E-state index is 0. The van der Waals surface area contributed by atoms with Crippen LogP contribution in [0.25, 0.3) is 0 Å². The third kappa shape index (κ3) is 6.90. The van der Waals surface area contributed by atoms with Crippen molar-refractivity contribution >= 4 is 35.6 Å². The second-order valence-corrected chi connectivity index (χ2v) is 6.76. The number of hydrogen-bond acceptors (Lipinski definition) is 5. The Hall–Kier alpha value is -2.82. The zero-order valence-electron chi connectivity index (χ0n) is 16.7. The highest BCUT2D eigenvalue weighted by Crippen LogP contribution is 2.32. The highest BCUT2D eigenvalue weighted by molar-refractivity contribution is 14.0. The van der Waals surface area contributed by atoms with Gasteiger partial charge in [0.1, 0.15) is 0 Å². The molecule has 1 aliphatic heterocycles. The van der Waals surface area contributed by atoms with Crippen molar-refractivity contribution in [2.75, 3.05) is 19.9 Å². The van der Waals surface area contributed by atoms with Gasteiger partial charge in [-0.3, -0.25) is 10.1 Å². The number of rotatable bonds is 8. The Bertz CT molecular complexity index is 916. The standard InChI is InChI=1S/C21H24N4O4.HI/c1-15(2)12-23-21(24-13-17-3-6-18(7-4-17)25(26)27)22-10-9-16-5-8-19-20(11-16)29-14-28-19;/h3-8,11H,1,9-10,12-14H2,2H3,(H2,22,23,24);1H. The number of nitrogens with one attached hydrogen (secondary N) is 2. The van der Waals surface area contributed by atoms with Crippen LogP contribution in [0.3, 0.4) is 0 Å². The van der Waals surface area contributed by atoms with Gasteiger partial charge in [-0.25, -0.2) is 4.99 Å². The number of fused-ring (bicyclic) bond motifs is 1. The molecule has 1 aliphatic rings. The Morgan fingerprint density at radius 1 is 1.13 bits per heavy atom. The van der Waals surface area contributed by atoms with Crippen LogP contribution in [0.4, 0.5) is 5.69 Å². The summed E-state index contributed by atoms with van der Waals surface area (Å²) < 4.78 is 10.7. The van der Waals surface area contributed by atoms with Crippen LogP contribution in [0.2, 0.25) is 0 Å². The maximum Gasteiger partial charge on any atom is 0.269 e. The quantitative estimate of drug-likeness (QED) is 0.136. The molecule has 0 aliphatic carbocycles. The molecule has 0 bridgehead atoms. The molecule has 0 amide bonds. The molecule has 2 aromatic rings. The van der Waals surface area contributed by atoms with Crippen LogP contribution in [0.1, 0.15) is 18.1 Å². The summed E-state index contributed by atoms with van der Waals surface area (Å²) >= 11 is 0. The van der Waals surface area contributed by atoms with Crippen LogP contribution in [0, 0.1) is 10.1 Å². The van der Waals surface area contributed by atoms with Crippen LogP contribution in [-0.4, -0.2) is 30.8 Å². The SMILES string of the molecule is C=C(C)CNC(=NCc1ccc([N+](=O)[O-])cc1)NCCc1ccc2c(c1)OCO2.I. The van der Waals surface area contributed by atoms with Gasteiger partial charge in [-0.2, -0.15) is 0 Å². The molecule has 8 nitrogen and oxygen atoms in total. The third-order valence-electron chi connectivity index (χ3n) is 4.27. The van der Waals surface area contributed by atoms with Crippen LogP contribution < -0.4 is 20.1 Å². The fraction of sp³-hybridized carbons (Fsp3) is 0.286. The summed E-state index contributed by atoms with van der Waals surface area (Å²) in [5.74, 6) is 2.21. The summed E-state index contributed by atoms with van der Waals surface area (Å²) in [5, 5.41) is 17.3. The molecule has 0 fully saturated rings. The highest BCUT2D eigenvalue weighted by atomic mass is 127. The number of nitro groups is 1. The number of aliphatic imine (C=N–C) groups is 1. The molecule has 0 saturated heterocycles. The summed E-state index contributed by atoms with van der Waals surface area (Å²) in [6.45, 7) is 7.80. The first kappa shape index (κ1) is 23.5. The lowest BCUT2D eigenvalue weighted by Gasteiger charge is -2.13. The Kier molecular flexibility index (Phi) is 8.90. The Balaban J connectivity index is 0.00000320. The Labute approximate surface area is 192 Å². The van der Waals surface area contributed by atoms with Gasteiger partial charge in [0.15, 0.2) is 17.5 Å². The van der Waals surface area contributed by atoms with Crippen LogP contribution >= 0.6 is 24.0 Å². The molecule has 0 aromatic heterocycles. The van der Waals surface area contributed by atoms with E-state index in [1.165, 1.54) is 12.1 Å². The topological polar surface area (TPSA) is 98.0 Å². The Morgan fingerprint density at radius 3 is 2.53 bits per heavy atom. The first-order valence-corrected chi connectivity index (χ1v) is 9.29. The lowest BCUT2D eigenvalue weighted by molar-refractivity contribution is -0.384. The minimum Gasteiger partial charge on any atom is -0.454 e.